The van der Waals surface area contributed by atoms with Gasteiger partial charge in [-0.05, 0) is 78.2 Å². The summed E-state index contributed by atoms with van der Waals surface area (Å²) in [4.78, 5) is 0. The standard InChI is InChI=1S/C40H54O4/c1-8-28-15-16-31-32(23-28)36(42-20-22-44-40-25-27(3)14-18-34(40)38(40,6)7)30-12-10-9-11-29(30)35(31)41-19-21-43-39-24-26(2)13-17-33(39)37(39,4)5/h9-12,15-16,23,26-27,33-34H,8,13-14,17-22,24-25H2,1-7H3. The van der Waals surface area contributed by atoms with Crippen molar-refractivity contribution in [2.45, 2.75) is 105 Å². The van der Waals surface area contributed by atoms with Gasteiger partial charge in [0, 0.05) is 21.5 Å². The predicted molar refractivity (Wildman–Crippen MR) is 180 cm³/mol. The van der Waals surface area contributed by atoms with Crippen LogP contribution in [0.1, 0.15) is 92.6 Å². The Bertz CT molecular complexity index is 1540. The molecule has 238 valence electrons. The van der Waals surface area contributed by atoms with Gasteiger partial charge in [-0.2, -0.15) is 0 Å². The van der Waals surface area contributed by atoms with Crippen LogP contribution in [0.15, 0.2) is 42.5 Å². The molecular formula is C40H54O4. The van der Waals surface area contributed by atoms with E-state index in [1.807, 2.05) is 0 Å². The Labute approximate surface area is 265 Å². The summed E-state index contributed by atoms with van der Waals surface area (Å²) in [6, 6.07) is 15.3. The summed E-state index contributed by atoms with van der Waals surface area (Å²) in [7, 11) is 0. The maximum absolute atomic E-state index is 6.73. The second-order valence-electron chi connectivity index (χ2n) is 15.9. The molecule has 0 bridgehead atoms. The van der Waals surface area contributed by atoms with Gasteiger partial charge in [0.15, 0.2) is 0 Å². The van der Waals surface area contributed by atoms with Crippen molar-refractivity contribution in [3.8, 4) is 11.5 Å². The van der Waals surface area contributed by atoms with E-state index in [4.69, 9.17) is 18.9 Å². The largest absolute Gasteiger partial charge is 0.490 e. The highest BCUT2D eigenvalue weighted by atomic mass is 16.6. The highest BCUT2D eigenvalue weighted by molar-refractivity contribution is 6.11. The molecule has 4 heteroatoms. The Balaban J connectivity index is 1.11. The predicted octanol–water partition coefficient (Wildman–Crippen LogP) is 9.78. The van der Waals surface area contributed by atoms with E-state index in [0.29, 0.717) is 38.3 Å². The summed E-state index contributed by atoms with van der Waals surface area (Å²) in [6.45, 7) is 18.9. The molecule has 0 amide bonds. The molecule has 4 aliphatic carbocycles. The molecule has 0 heterocycles. The average Bonchev–Trinajstić information content (AvgIpc) is 3.71. The molecule has 6 unspecified atom stereocenters. The number of benzene rings is 3. The molecule has 0 aliphatic heterocycles. The highest BCUT2D eigenvalue weighted by Gasteiger charge is 2.73. The molecule has 0 spiro atoms. The zero-order chi connectivity index (χ0) is 30.9. The minimum atomic E-state index is 0.0260. The summed E-state index contributed by atoms with van der Waals surface area (Å²) in [5, 5.41) is 4.42. The molecule has 0 saturated heterocycles. The van der Waals surface area contributed by atoms with Crippen molar-refractivity contribution >= 4 is 21.5 Å². The lowest BCUT2D eigenvalue weighted by Crippen LogP contribution is -2.29. The first kappa shape index (κ1) is 30.4. The van der Waals surface area contributed by atoms with Crippen LogP contribution in [0.25, 0.3) is 21.5 Å². The van der Waals surface area contributed by atoms with E-state index < -0.39 is 0 Å². The summed E-state index contributed by atoms with van der Waals surface area (Å²) in [5.41, 5.74) is 1.88. The van der Waals surface area contributed by atoms with Crippen LogP contribution in [0.2, 0.25) is 0 Å². The first-order valence-corrected chi connectivity index (χ1v) is 17.6. The highest BCUT2D eigenvalue weighted by Crippen LogP contribution is 2.71. The zero-order valence-corrected chi connectivity index (χ0v) is 28.3. The van der Waals surface area contributed by atoms with E-state index in [-0.39, 0.29) is 22.0 Å². The summed E-state index contributed by atoms with van der Waals surface area (Å²) < 4.78 is 26.8. The molecule has 6 atom stereocenters. The third kappa shape index (κ3) is 4.60. The monoisotopic (exact) mass is 598 g/mol. The van der Waals surface area contributed by atoms with Crippen molar-refractivity contribution in [3.63, 3.8) is 0 Å². The van der Waals surface area contributed by atoms with Crippen LogP contribution < -0.4 is 9.47 Å². The number of fused-ring (bicyclic) bond motifs is 4. The SMILES string of the molecule is CCc1ccc2c(OCCOC34CC(C)CCC3C4(C)C)c3ccccc3c(OCCOC34CC(C)CCC3C4(C)C)c2c1. The van der Waals surface area contributed by atoms with Crippen LogP contribution in [-0.4, -0.2) is 37.6 Å². The van der Waals surface area contributed by atoms with Crippen LogP contribution in [0.5, 0.6) is 11.5 Å². The molecule has 0 N–H and O–H groups in total. The Hall–Kier alpha value is -2.30. The van der Waals surface area contributed by atoms with Gasteiger partial charge in [0.25, 0.3) is 0 Å². The normalized spacial score (nSPS) is 33.1. The number of aryl methyl sites for hydroxylation is 1. The molecule has 7 rings (SSSR count). The average molecular weight is 599 g/mol. The van der Waals surface area contributed by atoms with E-state index >= 15 is 0 Å². The van der Waals surface area contributed by atoms with Crippen molar-refractivity contribution in [1.29, 1.82) is 0 Å². The Morgan fingerprint density at radius 2 is 1.09 bits per heavy atom. The second kappa shape index (κ2) is 10.9. The fraction of sp³-hybridized carbons (Fsp3) is 0.650. The first-order valence-electron chi connectivity index (χ1n) is 17.6. The van der Waals surface area contributed by atoms with Crippen LogP contribution in [0, 0.1) is 34.5 Å². The van der Waals surface area contributed by atoms with Crippen LogP contribution in [-0.2, 0) is 15.9 Å². The van der Waals surface area contributed by atoms with Gasteiger partial charge in [-0.3, -0.25) is 0 Å². The number of ether oxygens (including phenoxy) is 4. The number of hydrogen-bond donors (Lipinski definition) is 0. The molecule has 0 aromatic heterocycles. The van der Waals surface area contributed by atoms with Gasteiger partial charge >= 0.3 is 0 Å². The van der Waals surface area contributed by atoms with E-state index in [2.05, 4.69) is 90.9 Å². The van der Waals surface area contributed by atoms with Gasteiger partial charge in [0.1, 0.15) is 24.7 Å². The quantitative estimate of drug-likeness (QED) is 0.163. The topological polar surface area (TPSA) is 36.9 Å². The molecule has 44 heavy (non-hydrogen) atoms. The number of rotatable bonds is 11. The zero-order valence-electron chi connectivity index (χ0n) is 28.3. The van der Waals surface area contributed by atoms with E-state index in [1.54, 1.807) is 0 Å². The first-order chi connectivity index (χ1) is 21.1. The number of hydrogen-bond acceptors (Lipinski definition) is 4. The van der Waals surface area contributed by atoms with Crippen molar-refractivity contribution in [3.05, 3.63) is 48.0 Å². The Morgan fingerprint density at radius 3 is 1.59 bits per heavy atom. The van der Waals surface area contributed by atoms with Crippen molar-refractivity contribution < 1.29 is 18.9 Å². The fourth-order valence-electron chi connectivity index (χ4n) is 10.1. The maximum atomic E-state index is 6.73. The molecule has 3 aromatic rings. The van der Waals surface area contributed by atoms with E-state index in [0.717, 1.165) is 51.3 Å². The van der Waals surface area contributed by atoms with Gasteiger partial charge < -0.3 is 18.9 Å². The maximum Gasteiger partial charge on any atom is 0.135 e. The Morgan fingerprint density at radius 1 is 0.614 bits per heavy atom. The van der Waals surface area contributed by atoms with Crippen LogP contribution in [0.4, 0.5) is 0 Å². The smallest absolute Gasteiger partial charge is 0.135 e. The minimum Gasteiger partial charge on any atom is -0.490 e. The lowest BCUT2D eigenvalue weighted by molar-refractivity contribution is -0.0358. The van der Waals surface area contributed by atoms with Gasteiger partial charge in [-0.1, -0.05) is 97.7 Å². The summed E-state index contributed by atoms with van der Waals surface area (Å²) in [6.07, 6.45) is 8.54. The molecule has 0 radical (unpaired) electrons. The molecule has 4 saturated carbocycles. The third-order valence-electron chi connectivity index (χ3n) is 12.9. The van der Waals surface area contributed by atoms with Crippen molar-refractivity contribution in [1.82, 2.24) is 0 Å². The molecule has 4 nitrogen and oxygen atoms in total. The second-order valence-corrected chi connectivity index (χ2v) is 15.9. The third-order valence-corrected chi connectivity index (χ3v) is 12.9. The fourth-order valence-corrected chi connectivity index (χ4v) is 10.1. The Kier molecular flexibility index (Phi) is 7.52. The molecule has 4 aliphatic rings. The van der Waals surface area contributed by atoms with Crippen molar-refractivity contribution in [2.75, 3.05) is 26.4 Å². The summed E-state index contributed by atoms with van der Waals surface area (Å²) in [5.74, 6) is 4.70. The van der Waals surface area contributed by atoms with Gasteiger partial charge in [-0.25, -0.2) is 0 Å². The van der Waals surface area contributed by atoms with Crippen LogP contribution >= 0.6 is 0 Å². The van der Waals surface area contributed by atoms with E-state index in [1.165, 1.54) is 44.1 Å². The lowest BCUT2D eigenvalue weighted by Gasteiger charge is -2.28. The van der Waals surface area contributed by atoms with Gasteiger partial charge in [-0.15, -0.1) is 0 Å². The summed E-state index contributed by atoms with van der Waals surface area (Å²) >= 11 is 0. The van der Waals surface area contributed by atoms with Crippen molar-refractivity contribution in [2.24, 2.45) is 34.5 Å². The van der Waals surface area contributed by atoms with Gasteiger partial charge in [0.2, 0.25) is 0 Å². The van der Waals surface area contributed by atoms with E-state index in [9.17, 15) is 0 Å². The molecule has 3 aromatic carbocycles. The van der Waals surface area contributed by atoms with Crippen LogP contribution in [0.3, 0.4) is 0 Å². The molecule has 4 fully saturated rings. The molecular weight excluding hydrogens is 544 g/mol. The van der Waals surface area contributed by atoms with Gasteiger partial charge in [0.05, 0.1) is 24.4 Å². The minimum absolute atomic E-state index is 0.0260. The lowest BCUT2D eigenvalue weighted by atomic mass is 9.88.